The van der Waals surface area contributed by atoms with Gasteiger partial charge in [0.1, 0.15) is 0 Å². The standard InChI is InChI=1S/C14H28N2/c1-11-9-16(10-12(11)2)14-8-6-4-5-7-13(14)15-3/h11-15H,4-10H2,1-3H3. The lowest BCUT2D eigenvalue weighted by Crippen LogP contribution is -2.47. The Labute approximate surface area is 101 Å². The fourth-order valence-electron chi connectivity index (χ4n) is 3.51. The Morgan fingerprint density at radius 3 is 2.19 bits per heavy atom. The second-order valence-electron chi connectivity index (χ2n) is 6.01. The predicted molar refractivity (Wildman–Crippen MR) is 69.6 cm³/mol. The first-order chi connectivity index (χ1) is 7.72. The smallest absolute Gasteiger partial charge is 0.0249 e. The highest BCUT2D eigenvalue weighted by Gasteiger charge is 2.34. The van der Waals surface area contributed by atoms with Gasteiger partial charge in [-0.3, -0.25) is 4.90 Å². The summed E-state index contributed by atoms with van der Waals surface area (Å²) >= 11 is 0. The lowest BCUT2D eigenvalue weighted by molar-refractivity contribution is 0.178. The molecule has 0 aromatic heterocycles. The van der Waals surface area contributed by atoms with Crippen molar-refractivity contribution in [3.05, 3.63) is 0 Å². The summed E-state index contributed by atoms with van der Waals surface area (Å²) in [4.78, 5) is 2.77. The Kier molecular flexibility index (Phi) is 4.26. The van der Waals surface area contributed by atoms with E-state index in [1.54, 1.807) is 0 Å². The van der Waals surface area contributed by atoms with Gasteiger partial charge in [-0.15, -0.1) is 0 Å². The Morgan fingerprint density at radius 2 is 1.56 bits per heavy atom. The summed E-state index contributed by atoms with van der Waals surface area (Å²) in [5, 5.41) is 3.56. The summed E-state index contributed by atoms with van der Waals surface area (Å²) in [6.45, 7) is 7.47. The minimum atomic E-state index is 0.736. The normalized spacial score (nSPS) is 42.2. The first-order valence-electron chi connectivity index (χ1n) is 7.13. The van der Waals surface area contributed by atoms with Gasteiger partial charge < -0.3 is 5.32 Å². The van der Waals surface area contributed by atoms with Crippen LogP contribution in [0.25, 0.3) is 0 Å². The van der Waals surface area contributed by atoms with Gasteiger partial charge in [0.2, 0.25) is 0 Å². The molecule has 0 radical (unpaired) electrons. The molecule has 1 N–H and O–H groups in total. The van der Waals surface area contributed by atoms with Crippen LogP contribution in [0.5, 0.6) is 0 Å². The third-order valence-corrected chi connectivity index (χ3v) is 4.84. The van der Waals surface area contributed by atoms with E-state index in [1.807, 2.05) is 0 Å². The molecule has 94 valence electrons. The molecule has 1 saturated carbocycles. The van der Waals surface area contributed by atoms with Crippen LogP contribution in [0, 0.1) is 11.8 Å². The summed E-state index contributed by atoms with van der Waals surface area (Å²) in [5.74, 6) is 1.78. The van der Waals surface area contributed by atoms with E-state index < -0.39 is 0 Å². The highest BCUT2D eigenvalue weighted by Crippen LogP contribution is 2.29. The largest absolute Gasteiger partial charge is 0.315 e. The Morgan fingerprint density at radius 1 is 0.938 bits per heavy atom. The van der Waals surface area contributed by atoms with Crippen LogP contribution in [0.4, 0.5) is 0 Å². The molecular formula is C14H28N2. The van der Waals surface area contributed by atoms with Crippen LogP contribution in [0.1, 0.15) is 46.0 Å². The summed E-state index contributed by atoms with van der Waals surface area (Å²) < 4.78 is 0. The van der Waals surface area contributed by atoms with Gasteiger partial charge in [-0.25, -0.2) is 0 Å². The highest BCUT2D eigenvalue weighted by molar-refractivity contribution is 4.91. The summed E-state index contributed by atoms with van der Waals surface area (Å²) in [7, 11) is 2.14. The number of nitrogens with zero attached hydrogens (tertiary/aromatic N) is 1. The maximum absolute atomic E-state index is 3.56. The number of rotatable bonds is 2. The number of nitrogens with one attached hydrogen (secondary N) is 1. The van der Waals surface area contributed by atoms with E-state index in [1.165, 1.54) is 45.2 Å². The van der Waals surface area contributed by atoms with Crippen molar-refractivity contribution in [2.75, 3.05) is 20.1 Å². The monoisotopic (exact) mass is 224 g/mol. The molecule has 2 heteroatoms. The van der Waals surface area contributed by atoms with Crippen LogP contribution in [0.3, 0.4) is 0 Å². The van der Waals surface area contributed by atoms with Gasteiger partial charge in [0.15, 0.2) is 0 Å². The van der Waals surface area contributed by atoms with Crippen LogP contribution in [0.2, 0.25) is 0 Å². The molecule has 0 aromatic carbocycles. The topological polar surface area (TPSA) is 15.3 Å². The first kappa shape index (κ1) is 12.4. The molecule has 2 nitrogen and oxygen atoms in total. The zero-order valence-corrected chi connectivity index (χ0v) is 11.2. The molecule has 4 atom stereocenters. The van der Waals surface area contributed by atoms with E-state index >= 15 is 0 Å². The fourth-order valence-corrected chi connectivity index (χ4v) is 3.51. The second kappa shape index (κ2) is 5.50. The molecule has 2 rings (SSSR count). The maximum Gasteiger partial charge on any atom is 0.0249 e. The molecule has 0 bridgehead atoms. The van der Waals surface area contributed by atoms with E-state index in [0.29, 0.717) is 0 Å². The molecule has 1 aliphatic heterocycles. The molecule has 0 amide bonds. The lowest BCUT2D eigenvalue weighted by atomic mass is 10.0. The number of likely N-dealkylation sites (tertiary alicyclic amines) is 1. The average molecular weight is 224 g/mol. The summed E-state index contributed by atoms with van der Waals surface area (Å²) in [6.07, 6.45) is 7.07. The van der Waals surface area contributed by atoms with Crippen molar-refractivity contribution >= 4 is 0 Å². The van der Waals surface area contributed by atoms with Crippen molar-refractivity contribution in [1.82, 2.24) is 10.2 Å². The van der Waals surface area contributed by atoms with Gasteiger partial charge >= 0.3 is 0 Å². The molecule has 16 heavy (non-hydrogen) atoms. The molecule has 1 saturated heterocycles. The molecule has 4 unspecified atom stereocenters. The van der Waals surface area contributed by atoms with Crippen molar-refractivity contribution in [1.29, 1.82) is 0 Å². The second-order valence-corrected chi connectivity index (χ2v) is 6.01. The molecular weight excluding hydrogens is 196 g/mol. The third kappa shape index (κ3) is 2.60. The summed E-state index contributed by atoms with van der Waals surface area (Å²) in [5.41, 5.74) is 0. The van der Waals surface area contributed by atoms with Gasteiger partial charge in [0.25, 0.3) is 0 Å². The quantitative estimate of drug-likeness (QED) is 0.725. The van der Waals surface area contributed by atoms with Crippen molar-refractivity contribution in [3.8, 4) is 0 Å². The molecule has 0 spiro atoms. The average Bonchev–Trinajstić information content (AvgIpc) is 2.53. The Balaban J connectivity index is 1.99. The molecule has 1 heterocycles. The number of likely N-dealkylation sites (N-methyl/N-ethyl adjacent to an activating group) is 1. The van der Waals surface area contributed by atoms with E-state index in [4.69, 9.17) is 0 Å². The van der Waals surface area contributed by atoms with E-state index in [-0.39, 0.29) is 0 Å². The zero-order chi connectivity index (χ0) is 11.5. The van der Waals surface area contributed by atoms with Gasteiger partial charge in [0.05, 0.1) is 0 Å². The fraction of sp³-hybridized carbons (Fsp3) is 1.00. The van der Waals surface area contributed by atoms with E-state index in [2.05, 4.69) is 31.1 Å². The van der Waals surface area contributed by atoms with Gasteiger partial charge in [0, 0.05) is 25.2 Å². The minimum Gasteiger partial charge on any atom is -0.315 e. The predicted octanol–water partition coefficient (Wildman–Crippen LogP) is 2.49. The molecule has 2 aliphatic rings. The van der Waals surface area contributed by atoms with Crippen LogP contribution >= 0.6 is 0 Å². The van der Waals surface area contributed by atoms with E-state index in [0.717, 1.165) is 23.9 Å². The van der Waals surface area contributed by atoms with E-state index in [9.17, 15) is 0 Å². The van der Waals surface area contributed by atoms with Gasteiger partial charge in [-0.2, -0.15) is 0 Å². The Bertz CT molecular complexity index is 207. The van der Waals surface area contributed by atoms with Crippen molar-refractivity contribution < 1.29 is 0 Å². The summed E-state index contributed by atoms with van der Waals surface area (Å²) in [6, 6.07) is 1.54. The zero-order valence-electron chi connectivity index (χ0n) is 11.2. The highest BCUT2D eigenvalue weighted by atomic mass is 15.2. The molecule has 1 aliphatic carbocycles. The maximum atomic E-state index is 3.56. The SMILES string of the molecule is CNC1CCCCCC1N1CC(C)C(C)C1. The van der Waals surface area contributed by atoms with Gasteiger partial charge in [-0.05, 0) is 31.7 Å². The van der Waals surface area contributed by atoms with Gasteiger partial charge in [-0.1, -0.05) is 33.1 Å². The third-order valence-electron chi connectivity index (χ3n) is 4.84. The number of hydrogen-bond acceptors (Lipinski definition) is 2. The Hall–Kier alpha value is -0.0800. The minimum absolute atomic E-state index is 0.736. The van der Waals surface area contributed by atoms with Crippen LogP contribution in [-0.2, 0) is 0 Å². The molecule has 0 aromatic rings. The van der Waals surface area contributed by atoms with Crippen molar-refractivity contribution in [2.45, 2.75) is 58.0 Å². The van der Waals surface area contributed by atoms with Crippen LogP contribution in [-0.4, -0.2) is 37.1 Å². The van der Waals surface area contributed by atoms with Crippen LogP contribution in [0.15, 0.2) is 0 Å². The first-order valence-corrected chi connectivity index (χ1v) is 7.13. The van der Waals surface area contributed by atoms with Crippen molar-refractivity contribution in [3.63, 3.8) is 0 Å². The van der Waals surface area contributed by atoms with Crippen molar-refractivity contribution in [2.24, 2.45) is 11.8 Å². The van der Waals surface area contributed by atoms with Crippen LogP contribution < -0.4 is 5.32 Å². The lowest BCUT2D eigenvalue weighted by Gasteiger charge is -2.33. The molecule has 2 fully saturated rings. The number of hydrogen-bond donors (Lipinski definition) is 1.